The van der Waals surface area contributed by atoms with Crippen LogP contribution in [-0.4, -0.2) is 6.04 Å². The molecule has 4 heteroatoms. The van der Waals surface area contributed by atoms with Crippen LogP contribution in [0.15, 0.2) is 14.3 Å². The Morgan fingerprint density at radius 1 is 1.25 bits per heavy atom. The number of rotatable bonds is 6. The van der Waals surface area contributed by atoms with E-state index in [1.165, 1.54) is 21.5 Å². The Labute approximate surface area is 119 Å². The molecule has 0 fully saturated rings. The monoisotopic (exact) mass is 367 g/mol. The highest BCUT2D eigenvalue weighted by Gasteiger charge is 2.06. The van der Waals surface area contributed by atoms with Crippen molar-refractivity contribution < 1.29 is 0 Å². The van der Waals surface area contributed by atoms with Gasteiger partial charge in [0, 0.05) is 21.9 Å². The number of nitrogens with one attached hydrogen (secondary N) is 1. The summed E-state index contributed by atoms with van der Waals surface area (Å²) in [5.41, 5.74) is 0. The fraction of sp³-hybridized carbons (Fsp3) is 0.667. The fourth-order valence-electron chi connectivity index (χ4n) is 1.44. The van der Waals surface area contributed by atoms with Gasteiger partial charge in [-0.1, -0.05) is 13.8 Å². The molecule has 1 N–H and O–H groups in total. The van der Waals surface area contributed by atoms with Crippen LogP contribution in [0.25, 0.3) is 0 Å². The molecule has 0 spiro atoms. The van der Waals surface area contributed by atoms with E-state index in [4.69, 9.17) is 0 Å². The van der Waals surface area contributed by atoms with Crippen LogP contribution >= 0.6 is 43.2 Å². The molecule has 0 aliphatic carbocycles. The molecule has 1 heterocycles. The average molecular weight is 369 g/mol. The molecule has 1 nitrogen and oxygen atoms in total. The van der Waals surface area contributed by atoms with Gasteiger partial charge in [-0.2, -0.15) is 0 Å². The van der Waals surface area contributed by atoms with E-state index in [-0.39, 0.29) is 0 Å². The lowest BCUT2D eigenvalue weighted by molar-refractivity contribution is 0.452. The number of thiophene rings is 1. The number of halogens is 2. The van der Waals surface area contributed by atoms with Crippen molar-refractivity contribution in [2.45, 2.75) is 46.2 Å². The Balaban J connectivity index is 2.28. The largest absolute Gasteiger partial charge is 0.309 e. The van der Waals surface area contributed by atoms with Crippen LogP contribution in [0.2, 0.25) is 0 Å². The highest BCUT2D eigenvalue weighted by Crippen LogP contribution is 2.32. The molecular formula is C12H19Br2NS. The summed E-state index contributed by atoms with van der Waals surface area (Å²) in [7, 11) is 0. The normalized spacial score (nSPS) is 13.4. The highest BCUT2D eigenvalue weighted by atomic mass is 79.9. The van der Waals surface area contributed by atoms with Crippen molar-refractivity contribution in [1.29, 1.82) is 0 Å². The smallest absolute Gasteiger partial charge is 0.0843 e. The summed E-state index contributed by atoms with van der Waals surface area (Å²) in [6.07, 6.45) is 2.55. The van der Waals surface area contributed by atoms with Gasteiger partial charge in [-0.15, -0.1) is 11.3 Å². The van der Waals surface area contributed by atoms with Crippen LogP contribution in [-0.2, 0) is 6.54 Å². The molecule has 1 rings (SSSR count). The molecule has 0 amide bonds. The maximum atomic E-state index is 3.56. The van der Waals surface area contributed by atoms with Gasteiger partial charge in [0.1, 0.15) is 0 Å². The maximum Gasteiger partial charge on any atom is 0.0843 e. The van der Waals surface area contributed by atoms with Gasteiger partial charge in [-0.25, -0.2) is 0 Å². The quantitative estimate of drug-likeness (QED) is 0.728. The molecule has 1 atom stereocenters. The molecule has 0 bridgehead atoms. The van der Waals surface area contributed by atoms with Crippen LogP contribution in [0.4, 0.5) is 0 Å². The minimum absolute atomic E-state index is 0.599. The average Bonchev–Trinajstić information content (AvgIpc) is 2.52. The zero-order valence-electron chi connectivity index (χ0n) is 10.0. The summed E-state index contributed by atoms with van der Waals surface area (Å²) >= 11 is 8.81. The van der Waals surface area contributed by atoms with E-state index in [1.54, 1.807) is 11.3 Å². The van der Waals surface area contributed by atoms with Gasteiger partial charge in [0.25, 0.3) is 0 Å². The topological polar surface area (TPSA) is 12.0 Å². The Morgan fingerprint density at radius 3 is 2.44 bits per heavy atom. The second-order valence-corrected chi connectivity index (χ2v) is 7.90. The van der Waals surface area contributed by atoms with Crippen molar-refractivity contribution in [3.8, 4) is 0 Å². The summed E-state index contributed by atoms with van der Waals surface area (Å²) in [6.45, 7) is 7.79. The minimum Gasteiger partial charge on any atom is -0.309 e. The third kappa shape index (κ3) is 5.30. The first-order chi connectivity index (χ1) is 7.49. The molecule has 16 heavy (non-hydrogen) atoms. The molecule has 1 aromatic heterocycles. The Morgan fingerprint density at radius 2 is 1.94 bits per heavy atom. The first-order valence-corrected chi connectivity index (χ1v) is 8.06. The lowest BCUT2D eigenvalue weighted by Crippen LogP contribution is -2.25. The lowest BCUT2D eigenvalue weighted by Gasteiger charge is -2.14. The molecule has 92 valence electrons. The molecule has 0 saturated heterocycles. The summed E-state index contributed by atoms with van der Waals surface area (Å²) in [6, 6.07) is 2.78. The van der Waals surface area contributed by atoms with Crippen molar-refractivity contribution in [2.24, 2.45) is 5.92 Å². The van der Waals surface area contributed by atoms with Crippen LogP contribution in [0, 0.1) is 5.92 Å². The van der Waals surface area contributed by atoms with Crippen molar-refractivity contribution >= 4 is 43.2 Å². The Hall–Kier alpha value is 0.620. The third-order valence-corrected chi connectivity index (χ3v) is 5.75. The Kier molecular flexibility index (Phi) is 6.55. The van der Waals surface area contributed by atoms with Crippen molar-refractivity contribution in [3.05, 3.63) is 19.2 Å². The molecular weight excluding hydrogens is 350 g/mol. The van der Waals surface area contributed by atoms with Gasteiger partial charge in [0.15, 0.2) is 0 Å². The standard InChI is InChI=1S/C12H19Br2NS/c1-8(2)4-5-9(3)15-7-10-6-11(13)12(14)16-10/h6,8-9,15H,4-5,7H2,1-3H3. The molecule has 0 aliphatic heterocycles. The molecule has 1 unspecified atom stereocenters. The summed E-state index contributed by atoms with van der Waals surface area (Å²) < 4.78 is 2.34. The predicted molar refractivity (Wildman–Crippen MR) is 80.1 cm³/mol. The first-order valence-electron chi connectivity index (χ1n) is 5.66. The lowest BCUT2D eigenvalue weighted by atomic mass is 10.0. The van der Waals surface area contributed by atoms with E-state index < -0.39 is 0 Å². The van der Waals surface area contributed by atoms with Crippen molar-refractivity contribution in [3.63, 3.8) is 0 Å². The van der Waals surface area contributed by atoms with Crippen LogP contribution in [0.3, 0.4) is 0 Å². The molecule has 0 radical (unpaired) electrons. The van der Waals surface area contributed by atoms with E-state index >= 15 is 0 Å². The van der Waals surface area contributed by atoms with Gasteiger partial charge in [0.2, 0.25) is 0 Å². The number of hydrogen-bond donors (Lipinski definition) is 1. The zero-order valence-corrected chi connectivity index (χ0v) is 14.0. The maximum absolute atomic E-state index is 3.56. The van der Waals surface area contributed by atoms with Crippen molar-refractivity contribution in [2.75, 3.05) is 0 Å². The third-order valence-electron chi connectivity index (χ3n) is 2.50. The van der Waals surface area contributed by atoms with Crippen LogP contribution < -0.4 is 5.32 Å². The van der Waals surface area contributed by atoms with Crippen LogP contribution in [0.1, 0.15) is 38.5 Å². The summed E-state index contributed by atoms with van der Waals surface area (Å²) in [4.78, 5) is 1.37. The Bertz CT molecular complexity index is 303. The summed E-state index contributed by atoms with van der Waals surface area (Å²) in [5.74, 6) is 0.800. The minimum atomic E-state index is 0.599. The highest BCUT2D eigenvalue weighted by molar-refractivity contribution is 9.13. The SMILES string of the molecule is CC(C)CCC(C)NCc1cc(Br)c(Br)s1. The van der Waals surface area contributed by atoms with E-state index in [9.17, 15) is 0 Å². The molecule has 1 aromatic rings. The van der Waals surface area contributed by atoms with Crippen LogP contribution in [0.5, 0.6) is 0 Å². The summed E-state index contributed by atoms with van der Waals surface area (Å²) in [5, 5.41) is 3.56. The van der Waals surface area contributed by atoms with E-state index in [0.717, 1.165) is 16.9 Å². The molecule has 0 saturated carbocycles. The second kappa shape index (κ2) is 7.14. The fourth-order valence-corrected chi connectivity index (χ4v) is 3.57. The van der Waals surface area contributed by atoms with Gasteiger partial charge < -0.3 is 5.32 Å². The molecule has 0 aromatic carbocycles. The second-order valence-electron chi connectivity index (χ2n) is 4.59. The first kappa shape index (κ1) is 14.7. The number of hydrogen-bond acceptors (Lipinski definition) is 2. The van der Waals surface area contributed by atoms with Crippen molar-refractivity contribution in [1.82, 2.24) is 5.32 Å². The van der Waals surface area contributed by atoms with Gasteiger partial charge in [0.05, 0.1) is 3.79 Å². The van der Waals surface area contributed by atoms with E-state index in [1.807, 2.05) is 0 Å². The van der Waals surface area contributed by atoms with E-state index in [2.05, 4.69) is 64.0 Å². The van der Waals surface area contributed by atoms with Gasteiger partial charge >= 0.3 is 0 Å². The zero-order chi connectivity index (χ0) is 12.1. The van der Waals surface area contributed by atoms with E-state index in [0.29, 0.717) is 6.04 Å². The van der Waals surface area contributed by atoms with Gasteiger partial charge in [-0.05, 0) is 63.6 Å². The molecule has 0 aliphatic rings. The predicted octanol–water partition coefficient (Wildman–Crippen LogP) is 5.19. The van der Waals surface area contributed by atoms with Gasteiger partial charge in [-0.3, -0.25) is 0 Å².